The Morgan fingerprint density at radius 1 is 1.18 bits per heavy atom. The summed E-state index contributed by atoms with van der Waals surface area (Å²) < 4.78 is 52.8. The van der Waals surface area contributed by atoms with Gasteiger partial charge in [0, 0.05) is 45.2 Å². The van der Waals surface area contributed by atoms with Crippen molar-refractivity contribution in [1.29, 1.82) is 0 Å². The zero-order chi connectivity index (χ0) is 19.7. The number of halogens is 5. The molecule has 3 rings (SSSR count). The summed E-state index contributed by atoms with van der Waals surface area (Å²) >= 11 is 0. The highest BCUT2D eigenvalue weighted by atomic mass is 127. The Hall–Kier alpha value is -1.10. The molecule has 9 heteroatoms. The van der Waals surface area contributed by atoms with Gasteiger partial charge in [0.2, 0.25) is 0 Å². The molecule has 2 fully saturated rings. The molecule has 1 saturated heterocycles. The molecule has 0 bridgehead atoms. The molecule has 28 heavy (non-hydrogen) atoms. The fourth-order valence-electron chi connectivity index (χ4n) is 3.69. The summed E-state index contributed by atoms with van der Waals surface area (Å²) in [6.45, 7) is 3.40. The van der Waals surface area contributed by atoms with Gasteiger partial charge >= 0.3 is 6.18 Å². The van der Waals surface area contributed by atoms with Crippen molar-refractivity contribution in [1.82, 2.24) is 15.1 Å². The summed E-state index contributed by atoms with van der Waals surface area (Å²) in [5.74, 6) is 0.471. The lowest BCUT2D eigenvalue weighted by atomic mass is 9.95. The number of piperazine rings is 1. The summed E-state index contributed by atoms with van der Waals surface area (Å²) in [4.78, 5) is 7.69. The predicted octanol–water partition coefficient (Wildman–Crippen LogP) is 3.62. The van der Waals surface area contributed by atoms with E-state index in [1.165, 1.54) is 17.9 Å². The molecule has 1 aromatic rings. The zero-order valence-corrected chi connectivity index (χ0v) is 18.4. The zero-order valence-electron chi connectivity index (χ0n) is 16.1. The second kappa shape index (κ2) is 9.15. The number of alkyl halides is 3. The molecule has 1 aliphatic heterocycles. The van der Waals surface area contributed by atoms with Gasteiger partial charge in [-0.1, -0.05) is 18.2 Å². The second-order valence-corrected chi connectivity index (χ2v) is 7.40. The van der Waals surface area contributed by atoms with E-state index in [0.717, 1.165) is 18.4 Å². The summed E-state index contributed by atoms with van der Waals surface area (Å²) in [5.41, 5.74) is 0.505. The Balaban J connectivity index is 0.00000280. The second-order valence-electron chi connectivity index (χ2n) is 7.40. The smallest absolute Gasteiger partial charge is 0.355 e. The monoisotopic (exact) mass is 514 g/mol. The molecule has 1 unspecified atom stereocenters. The molecule has 1 atom stereocenters. The maximum Gasteiger partial charge on any atom is 0.403 e. The van der Waals surface area contributed by atoms with Crippen molar-refractivity contribution in [2.45, 2.75) is 37.4 Å². The van der Waals surface area contributed by atoms with Gasteiger partial charge < -0.3 is 10.2 Å². The molecule has 1 heterocycles. The number of rotatable bonds is 4. The summed E-state index contributed by atoms with van der Waals surface area (Å²) in [7, 11) is 1.66. The van der Waals surface area contributed by atoms with Gasteiger partial charge in [-0.05, 0) is 31.4 Å². The molecule has 0 amide bonds. The highest BCUT2D eigenvalue weighted by Gasteiger charge is 2.46. The van der Waals surface area contributed by atoms with Crippen molar-refractivity contribution in [3.8, 4) is 0 Å². The van der Waals surface area contributed by atoms with E-state index in [2.05, 4.69) is 10.3 Å². The summed E-state index contributed by atoms with van der Waals surface area (Å²) in [5, 5.41) is 3.31. The average Bonchev–Trinajstić information content (AvgIpc) is 3.42. The van der Waals surface area contributed by atoms with Crippen LogP contribution >= 0.6 is 24.0 Å². The van der Waals surface area contributed by atoms with Crippen molar-refractivity contribution >= 4 is 29.9 Å². The Morgan fingerprint density at radius 2 is 1.79 bits per heavy atom. The van der Waals surface area contributed by atoms with Crippen molar-refractivity contribution in [2.24, 2.45) is 4.99 Å². The third-order valence-corrected chi connectivity index (χ3v) is 5.73. The van der Waals surface area contributed by atoms with Gasteiger partial charge in [0.15, 0.2) is 5.96 Å². The van der Waals surface area contributed by atoms with Crippen molar-refractivity contribution in [2.75, 3.05) is 39.8 Å². The molecule has 158 valence electrons. The fraction of sp³-hybridized carbons (Fsp3) is 0.632. The first kappa shape index (κ1) is 23.2. The van der Waals surface area contributed by atoms with Gasteiger partial charge in [-0.15, -0.1) is 24.0 Å². The lowest BCUT2D eigenvalue weighted by Gasteiger charge is -2.40. The van der Waals surface area contributed by atoms with E-state index in [-0.39, 0.29) is 35.2 Å². The minimum Gasteiger partial charge on any atom is -0.355 e. The molecule has 1 aliphatic carbocycles. The largest absolute Gasteiger partial charge is 0.403 e. The van der Waals surface area contributed by atoms with Crippen LogP contribution in [-0.2, 0) is 5.41 Å². The van der Waals surface area contributed by atoms with E-state index < -0.39 is 12.2 Å². The third-order valence-electron chi connectivity index (χ3n) is 5.73. The maximum atomic E-state index is 14.1. The molecule has 0 spiro atoms. The van der Waals surface area contributed by atoms with Gasteiger partial charge in [0.1, 0.15) is 11.9 Å². The van der Waals surface area contributed by atoms with Crippen LogP contribution in [0.2, 0.25) is 0 Å². The summed E-state index contributed by atoms with van der Waals surface area (Å²) in [6.07, 6.45) is -2.39. The van der Waals surface area contributed by atoms with Crippen molar-refractivity contribution in [3.63, 3.8) is 0 Å². The average molecular weight is 514 g/mol. The lowest BCUT2D eigenvalue weighted by Crippen LogP contribution is -2.57. The molecular formula is C19H27F4IN4. The number of benzene rings is 1. The SMILES string of the molecule is CN=C(NCC1(c2ccccc2F)CC1)N1CCN(C(C)C(F)(F)F)CC1.I. The molecule has 2 aliphatic rings. The lowest BCUT2D eigenvalue weighted by molar-refractivity contribution is -0.181. The van der Waals surface area contributed by atoms with E-state index in [0.29, 0.717) is 38.7 Å². The molecule has 4 nitrogen and oxygen atoms in total. The fourth-order valence-corrected chi connectivity index (χ4v) is 3.69. The van der Waals surface area contributed by atoms with Gasteiger partial charge in [0.05, 0.1) is 0 Å². The maximum absolute atomic E-state index is 14.1. The molecule has 0 aromatic heterocycles. The van der Waals surface area contributed by atoms with E-state index in [9.17, 15) is 17.6 Å². The minimum absolute atomic E-state index is 0. The highest BCUT2D eigenvalue weighted by molar-refractivity contribution is 14.0. The Kier molecular flexibility index (Phi) is 7.57. The van der Waals surface area contributed by atoms with Crippen LogP contribution in [0.25, 0.3) is 0 Å². The van der Waals surface area contributed by atoms with Gasteiger partial charge in [-0.3, -0.25) is 9.89 Å². The topological polar surface area (TPSA) is 30.9 Å². The number of guanidine groups is 1. The van der Waals surface area contributed by atoms with E-state index in [1.54, 1.807) is 13.1 Å². The van der Waals surface area contributed by atoms with Gasteiger partial charge in [0.25, 0.3) is 0 Å². The molecule has 1 saturated carbocycles. The molecule has 1 aromatic carbocycles. The quantitative estimate of drug-likeness (QED) is 0.289. The molecule has 0 radical (unpaired) electrons. The first-order valence-electron chi connectivity index (χ1n) is 9.28. The van der Waals surface area contributed by atoms with E-state index >= 15 is 0 Å². The highest BCUT2D eigenvalue weighted by Crippen LogP contribution is 2.48. The van der Waals surface area contributed by atoms with Crippen molar-refractivity contribution < 1.29 is 17.6 Å². The Bertz CT molecular complexity index is 683. The van der Waals surface area contributed by atoms with Crippen LogP contribution in [0.3, 0.4) is 0 Å². The molecular weight excluding hydrogens is 487 g/mol. The van der Waals surface area contributed by atoms with Gasteiger partial charge in [-0.2, -0.15) is 13.2 Å². The van der Waals surface area contributed by atoms with Crippen LogP contribution < -0.4 is 5.32 Å². The number of nitrogens with zero attached hydrogens (tertiary/aromatic N) is 3. The first-order valence-corrected chi connectivity index (χ1v) is 9.28. The van der Waals surface area contributed by atoms with Crippen LogP contribution in [-0.4, -0.2) is 67.7 Å². The van der Waals surface area contributed by atoms with Crippen LogP contribution in [0.5, 0.6) is 0 Å². The third kappa shape index (κ3) is 5.08. The first-order chi connectivity index (χ1) is 12.8. The van der Waals surface area contributed by atoms with E-state index in [4.69, 9.17) is 0 Å². The van der Waals surface area contributed by atoms with Gasteiger partial charge in [-0.25, -0.2) is 4.39 Å². The number of hydrogen-bond acceptors (Lipinski definition) is 2. The minimum atomic E-state index is -4.21. The van der Waals surface area contributed by atoms with Crippen LogP contribution in [0.4, 0.5) is 17.6 Å². The summed E-state index contributed by atoms with van der Waals surface area (Å²) in [6, 6.07) is 5.39. The Morgan fingerprint density at radius 3 is 2.29 bits per heavy atom. The van der Waals surface area contributed by atoms with Crippen LogP contribution in [0.1, 0.15) is 25.3 Å². The van der Waals surface area contributed by atoms with Crippen LogP contribution in [0.15, 0.2) is 29.3 Å². The number of hydrogen-bond donors (Lipinski definition) is 1. The van der Waals surface area contributed by atoms with Crippen LogP contribution in [0, 0.1) is 5.82 Å². The van der Waals surface area contributed by atoms with E-state index in [1.807, 2.05) is 17.0 Å². The molecule has 1 N–H and O–H groups in total. The number of aliphatic imine (C=N–C) groups is 1. The van der Waals surface area contributed by atoms with Crippen molar-refractivity contribution in [3.05, 3.63) is 35.6 Å². The predicted molar refractivity (Wildman–Crippen MR) is 113 cm³/mol. The normalized spacial score (nSPS) is 21.1. The number of nitrogens with one attached hydrogen (secondary N) is 1. The standard InChI is InChI=1S/C19H26F4N4.HI/c1-14(19(21,22)23)26-9-11-27(12-10-26)17(24-2)25-13-18(7-8-18)15-5-3-4-6-16(15)20;/h3-6,14H,7-13H2,1-2H3,(H,24,25);1H. The Labute approximate surface area is 180 Å².